The second kappa shape index (κ2) is 11.4. The van der Waals surface area contributed by atoms with E-state index in [4.69, 9.17) is 0 Å². The summed E-state index contributed by atoms with van der Waals surface area (Å²) in [5, 5.41) is 9.52. The lowest BCUT2D eigenvalue weighted by Gasteiger charge is -2.17. The first kappa shape index (κ1) is 26.0. The number of aromatic carboxylic acids is 1. The molecule has 0 aromatic heterocycles. The van der Waals surface area contributed by atoms with E-state index in [9.17, 15) is 18.7 Å². The summed E-state index contributed by atoms with van der Waals surface area (Å²) < 4.78 is 41.3. The summed E-state index contributed by atoms with van der Waals surface area (Å²) in [6.45, 7) is 2.27. The van der Waals surface area contributed by atoms with Crippen LogP contribution in [0.25, 0.3) is 17.2 Å². The molecule has 1 saturated heterocycles. The molecule has 1 aliphatic carbocycles. The van der Waals surface area contributed by atoms with Crippen LogP contribution in [-0.4, -0.2) is 42.3 Å². The van der Waals surface area contributed by atoms with Gasteiger partial charge < -0.3 is 5.11 Å². The molecule has 0 radical (unpaired) electrons. The van der Waals surface area contributed by atoms with Crippen LogP contribution in [0.15, 0.2) is 66.2 Å². The highest BCUT2D eigenvalue weighted by Crippen LogP contribution is 2.41. The van der Waals surface area contributed by atoms with Crippen molar-refractivity contribution in [3.63, 3.8) is 0 Å². The Morgan fingerprint density at radius 3 is 2.47 bits per heavy atom. The highest BCUT2D eigenvalue weighted by molar-refractivity contribution is 6.00. The van der Waals surface area contributed by atoms with Gasteiger partial charge >= 0.3 is 5.97 Å². The predicted molar refractivity (Wildman–Crippen MR) is 145 cm³/mol. The highest BCUT2D eigenvalue weighted by atomic mass is 19.1. The van der Waals surface area contributed by atoms with Crippen molar-refractivity contribution in [3.05, 3.63) is 111 Å². The van der Waals surface area contributed by atoms with Crippen LogP contribution in [0.3, 0.4) is 0 Å². The summed E-state index contributed by atoms with van der Waals surface area (Å²) in [4.78, 5) is 13.9. The van der Waals surface area contributed by atoms with E-state index in [1.54, 1.807) is 18.2 Å². The fraction of sp³-hybridized carbons (Fsp3) is 0.281. The number of carboxylic acids is 1. The predicted octanol–water partition coefficient (Wildman–Crippen LogP) is 7.41. The first-order chi connectivity index (χ1) is 18.4. The molecule has 3 aromatic carbocycles. The fourth-order valence-corrected chi connectivity index (χ4v) is 5.57. The van der Waals surface area contributed by atoms with Gasteiger partial charge in [0.25, 0.3) is 0 Å². The molecule has 1 N–H and O–H groups in total. The molecule has 0 atom stereocenters. The lowest BCUT2D eigenvalue weighted by Crippen LogP contribution is -2.20. The van der Waals surface area contributed by atoms with Gasteiger partial charge in [0.15, 0.2) is 0 Å². The fourth-order valence-electron chi connectivity index (χ4n) is 5.57. The zero-order chi connectivity index (χ0) is 26.6. The molecule has 0 bridgehead atoms. The van der Waals surface area contributed by atoms with Crippen LogP contribution in [-0.2, 0) is 6.42 Å². The Labute approximate surface area is 220 Å². The number of hydrogen-bond donors (Lipinski definition) is 1. The van der Waals surface area contributed by atoms with Gasteiger partial charge in [0.05, 0.1) is 12.2 Å². The minimum atomic E-state index is -0.986. The van der Waals surface area contributed by atoms with E-state index in [1.807, 2.05) is 24.3 Å². The van der Waals surface area contributed by atoms with Crippen LogP contribution >= 0.6 is 0 Å². The summed E-state index contributed by atoms with van der Waals surface area (Å²) >= 11 is 0. The highest BCUT2D eigenvalue weighted by Gasteiger charge is 2.23. The molecule has 0 spiro atoms. The molecular formula is C32H30F3NO2. The number of alkyl halides is 1. The summed E-state index contributed by atoms with van der Waals surface area (Å²) in [7, 11) is 0. The van der Waals surface area contributed by atoms with Gasteiger partial charge in [0.1, 0.15) is 11.6 Å². The van der Waals surface area contributed by atoms with Crippen molar-refractivity contribution in [1.29, 1.82) is 0 Å². The van der Waals surface area contributed by atoms with E-state index < -0.39 is 17.6 Å². The van der Waals surface area contributed by atoms with E-state index >= 15 is 4.39 Å². The number of carboxylic acid groups (broad SMARTS) is 1. The first-order valence-electron chi connectivity index (χ1n) is 13.1. The number of likely N-dealkylation sites (tertiary alicyclic amines) is 1. The van der Waals surface area contributed by atoms with Crippen molar-refractivity contribution < 1.29 is 23.1 Å². The summed E-state index contributed by atoms with van der Waals surface area (Å²) in [6, 6.07) is 16.9. The third kappa shape index (κ3) is 5.60. The zero-order valence-electron chi connectivity index (χ0n) is 21.2. The van der Waals surface area contributed by atoms with Gasteiger partial charge in [-0.3, -0.25) is 9.29 Å². The minimum Gasteiger partial charge on any atom is -0.478 e. The molecule has 2 aliphatic rings. The largest absolute Gasteiger partial charge is 0.478 e. The van der Waals surface area contributed by atoms with Crippen LogP contribution in [0.4, 0.5) is 13.2 Å². The zero-order valence-corrected chi connectivity index (χ0v) is 21.2. The van der Waals surface area contributed by atoms with Crippen LogP contribution in [0.2, 0.25) is 0 Å². The van der Waals surface area contributed by atoms with Gasteiger partial charge in [-0.2, -0.15) is 0 Å². The second-order valence-electron chi connectivity index (χ2n) is 10.0. The molecular weight excluding hydrogens is 487 g/mol. The number of aryl methyl sites for hydroxylation is 1. The average Bonchev–Trinajstić information content (AvgIpc) is 3.26. The van der Waals surface area contributed by atoms with Gasteiger partial charge in [0.2, 0.25) is 0 Å². The Kier molecular flexibility index (Phi) is 7.79. The molecule has 196 valence electrons. The van der Waals surface area contributed by atoms with Crippen molar-refractivity contribution in [2.24, 2.45) is 0 Å². The van der Waals surface area contributed by atoms with Gasteiger partial charge in [-0.15, -0.1) is 0 Å². The van der Waals surface area contributed by atoms with E-state index in [0.29, 0.717) is 24.8 Å². The van der Waals surface area contributed by atoms with Gasteiger partial charge in [0, 0.05) is 31.3 Å². The van der Waals surface area contributed by atoms with E-state index in [0.717, 1.165) is 71.9 Å². The Morgan fingerprint density at radius 2 is 1.74 bits per heavy atom. The number of nitrogens with zero attached hydrogens (tertiary/aromatic N) is 1. The Bertz CT molecular complexity index is 1410. The number of allylic oxidation sites excluding steroid dienone is 1. The number of carbonyl (C=O) groups is 1. The Balaban J connectivity index is 1.56. The molecule has 1 heterocycles. The van der Waals surface area contributed by atoms with Crippen LogP contribution < -0.4 is 0 Å². The number of hydrogen-bond acceptors (Lipinski definition) is 2. The van der Waals surface area contributed by atoms with Crippen LogP contribution in [0.1, 0.15) is 63.9 Å². The summed E-state index contributed by atoms with van der Waals surface area (Å²) in [6.07, 6.45) is 5.66. The number of benzene rings is 3. The van der Waals surface area contributed by atoms with Gasteiger partial charge in [-0.25, -0.2) is 13.6 Å². The van der Waals surface area contributed by atoms with Crippen molar-refractivity contribution >= 4 is 23.2 Å². The molecule has 6 heteroatoms. The SMILES string of the molecule is O=C(O)c1ccc2c(c1)CCCC(c1ccc(F)cc1F)=C2c1ccc(/C=C2/CCN(CCCF)C2)cc1. The molecule has 1 aliphatic heterocycles. The van der Waals surface area contributed by atoms with E-state index in [-0.39, 0.29) is 12.2 Å². The third-order valence-corrected chi connectivity index (χ3v) is 7.41. The van der Waals surface area contributed by atoms with Crippen LogP contribution in [0.5, 0.6) is 0 Å². The standard InChI is InChI=1S/C32H30F3NO2/c33-14-2-15-36-16-13-22(20-36)17-21-5-7-23(8-6-21)31-27-11-9-25(32(37)38)18-24(27)3-1-4-29(31)28-12-10-26(34)19-30(28)35/h5-12,17-19H,1-4,13-16,20H2,(H,37,38)/b22-17-. The maximum absolute atomic E-state index is 15.0. The summed E-state index contributed by atoms with van der Waals surface area (Å²) in [5.74, 6) is -2.22. The normalized spacial score (nSPS) is 17.1. The molecule has 0 saturated carbocycles. The number of halogens is 3. The maximum atomic E-state index is 15.0. The van der Waals surface area contributed by atoms with Crippen molar-refractivity contribution in [3.8, 4) is 0 Å². The Hall–Kier alpha value is -3.64. The monoisotopic (exact) mass is 517 g/mol. The topological polar surface area (TPSA) is 40.5 Å². The molecule has 0 amide bonds. The van der Waals surface area contributed by atoms with Gasteiger partial charge in [-0.05, 0) is 89.8 Å². The summed E-state index contributed by atoms with van der Waals surface area (Å²) in [5.41, 5.74) is 7.26. The minimum absolute atomic E-state index is 0.221. The first-order valence-corrected chi connectivity index (χ1v) is 13.1. The number of rotatable bonds is 7. The van der Waals surface area contributed by atoms with E-state index in [1.165, 1.54) is 17.7 Å². The third-order valence-electron chi connectivity index (χ3n) is 7.41. The molecule has 1 fully saturated rings. The van der Waals surface area contributed by atoms with Crippen molar-refractivity contribution in [2.75, 3.05) is 26.3 Å². The average molecular weight is 518 g/mol. The van der Waals surface area contributed by atoms with Crippen molar-refractivity contribution in [2.45, 2.75) is 32.1 Å². The van der Waals surface area contributed by atoms with Crippen LogP contribution in [0, 0.1) is 11.6 Å². The smallest absolute Gasteiger partial charge is 0.335 e. The van der Waals surface area contributed by atoms with Gasteiger partial charge in [-0.1, -0.05) is 42.0 Å². The van der Waals surface area contributed by atoms with E-state index in [2.05, 4.69) is 11.0 Å². The quantitative estimate of drug-likeness (QED) is 0.355. The van der Waals surface area contributed by atoms with Crippen molar-refractivity contribution in [1.82, 2.24) is 4.90 Å². The Morgan fingerprint density at radius 1 is 0.947 bits per heavy atom. The number of fused-ring (bicyclic) bond motifs is 1. The lowest BCUT2D eigenvalue weighted by molar-refractivity contribution is 0.0696. The molecule has 38 heavy (non-hydrogen) atoms. The molecule has 3 nitrogen and oxygen atoms in total. The maximum Gasteiger partial charge on any atom is 0.335 e. The molecule has 5 rings (SSSR count). The molecule has 3 aromatic rings. The second-order valence-corrected chi connectivity index (χ2v) is 10.0. The lowest BCUT2D eigenvalue weighted by atomic mass is 9.87. The molecule has 0 unspecified atom stereocenters.